The summed E-state index contributed by atoms with van der Waals surface area (Å²) >= 11 is 0. The minimum absolute atomic E-state index is 0.0149. The van der Waals surface area contributed by atoms with Crippen molar-refractivity contribution >= 4 is 21.5 Å². The van der Waals surface area contributed by atoms with E-state index in [1.54, 1.807) is 6.92 Å². The Bertz CT molecular complexity index is 425. The van der Waals surface area contributed by atoms with E-state index in [1.165, 1.54) is 4.90 Å². The molecule has 104 valence electrons. The van der Waals surface area contributed by atoms with Crippen LogP contribution < -0.4 is 0 Å². The average Bonchev–Trinajstić information content (AvgIpc) is 2.61. The highest BCUT2D eigenvalue weighted by atomic mass is 32.2. The highest BCUT2D eigenvalue weighted by Gasteiger charge is 2.41. The Morgan fingerprint density at radius 3 is 2.28 bits per heavy atom. The third kappa shape index (κ3) is 3.10. The molecule has 1 rings (SSSR count). The van der Waals surface area contributed by atoms with Gasteiger partial charge in [0.2, 0.25) is 5.91 Å². The predicted octanol–water partition coefficient (Wildman–Crippen LogP) is 0.637. The number of amides is 1. The molecule has 0 aliphatic heterocycles. The van der Waals surface area contributed by atoms with E-state index in [1.807, 2.05) is 13.8 Å². The minimum Gasteiger partial charge on any atom is -0.342 e. The van der Waals surface area contributed by atoms with Gasteiger partial charge in [-0.2, -0.15) is 0 Å². The Hall–Kier alpha value is -0.910. The lowest BCUT2D eigenvalue weighted by Crippen LogP contribution is -2.39. The zero-order chi connectivity index (χ0) is 13.9. The first-order valence-electron chi connectivity index (χ1n) is 6.35. The van der Waals surface area contributed by atoms with Crippen LogP contribution in [0.2, 0.25) is 0 Å². The molecule has 0 bridgehead atoms. The van der Waals surface area contributed by atoms with Crippen LogP contribution in [-0.4, -0.2) is 49.1 Å². The number of Topliss-reactive ketones (excluding diaryl/α,β-unsaturated/α-hetero) is 1. The molecular weight excluding hydrogens is 254 g/mol. The summed E-state index contributed by atoms with van der Waals surface area (Å²) in [6.45, 7) is 6.28. The van der Waals surface area contributed by atoms with Crippen molar-refractivity contribution in [1.82, 2.24) is 4.90 Å². The molecule has 0 radical (unpaired) electrons. The minimum atomic E-state index is -3.52. The first-order valence-corrected chi connectivity index (χ1v) is 8.07. The molecule has 6 heteroatoms. The molecule has 1 fully saturated rings. The van der Waals surface area contributed by atoms with Gasteiger partial charge in [0, 0.05) is 25.4 Å². The van der Waals surface area contributed by atoms with Crippen LogP contribution in [0.15, 0.2) is 0 Å². The van der Waals surface area contributed by atoms with E-state index in [0.29, 0.717) is 25.9 Å². The Kier molecular flexibility index (Phi) is 4.90. The molecule has 0 N–H and O–H groups in total. The van der Waals surface area contributed by atoms with Gasteiger partial charge in [0.1, 0.15) is 11.5 Å². The van der Waals surface area contributed by atoms with Gasteiger partial charge < -0.3 is 4.90 Å². The summed E-state index contributed by atoms with van der Waals surface area (Å²) in [6.07, 6.45) is 0.665. The standard InChI is InChI=1S/C12H21NO4S/c1-4-13(5-2)12(15)8-18(16,17)11-7-6-10(14)9(11)3/h9,11H,4-8H2,1-3H3. The van der Waals surface area contributed by atoms with Crippen LogP contribution in [0.1, 0.15) is 33.6 Å². The molecule has 5 nitrogen and oxygen atoms in total. The van der Waals surface area contributed by atoms with E-state index < -0.39 is 26.8 Å². The summed E-state index contributed by atoms with van der Waals surface area (Å²) < 4.78 is 24.3. The molecule has 1 aliphatic carbocycles. The predicted molar refractivity (Wildman–Crippen MR) is 68.9 cm³/mol. The van der Waals surface area contributed by atoms with Gasteiger partial charge in [-0.1, -0.05) is 6.92 Å². The van der Waals surface area contributed by atoms with Gasteiger partial charge in [-0.25, -0.2) is 8.42 Å². The van der Waals surface area contributed by atoms with Crippen molar-refractivity contribution in [2.24, 2.45) is 5.92 Å². The molecular formula is C12H21NO4S. The molecule has 0 heterocycles. The summed E-state index contributed by atoms with van der Waals surface area (Å²) in [7, 11) is -3.52. The molecule has 1 amide bonds. The second-order valence-electron chi connectivity index (χ2n) is 4.71. The van der Waals surface area contributed by atoms with Crippen molar-refractivity contribution in [2.75, 3.05) is 18.8 Å². The highest BCUT2D eigenvalue weighted by Crippen LogP contribution is 2.28. The number of carbonyl (C=O) groups excluding carboxylic acids is 2. The van der Waals surface area contributed by atoms with E-state index in [-0.39, 0.29) is 11.7 Å². The SMILES string of the molecule is CCN(CC)C(=O)CS(=O)(=O)C1CCC(=O)C1C. The number of ketones is 1. The second kappa shape index (κ2) is 5.82. The Balaban J connectivity index is 2.77. The van der Waals surface area contributed by atoms with Crippen molar-refractivity contribution in [1.29, 1.82) is 0 Å². The van der Waals surface area contributed by atoms with Gasteiger partial charge in [0.15, 0.2) is 9.84 Å². The molecule has 2 atom stereocenters. The summed E-state index contributed by atoms with van der Waals surface area (Å²) in [6, 6.07) is 0. The number of sulfone groups is 1. The number of rotatable bonds is 5. The quantitative estimate of drug-likeness (QED) is 0.738. The van der Waals surface area contributed by atoms with Gasteiger partial charge in [-0.15, -0.1) is 0 Å². The maximum absolute atomic E-state index is 12.1. The van der Waals surface area contributed by atoms with Crippen LogP contribution in [0.4, 0.5) is 0 Å². The normalized spacial score (nSPS) is 24.3. The van der Waals surface area contributed by atoms with Crippen molar-refractivity contribution in [3.63, 3.8) is 0 Å². The van der Waals surface area contributed by atoms with Crippen molar-refractivity contribution in [3.05, 3.63) is 0 Å². The monoisotopic (exact) mass is 275 g/mol. The van der Waals surface area contributed by atoms with E-state index in [4.69, 9.17) is 0 Å². The van der Waals surface area contributed by atoms with Crippen molar-refractivity contribution < 1.29 is 18.0 Å². The Labute approximate surface area is 108 Å². The lowest BCUT2D eigenvalue weighted by molar-refractivity contribution is -0.128. The number of nitrogens with zero attached hydrogens (tertiary/aromatic N) is 1. The van der Waals surface area contributed by atoms with Crippen LogP contribution in [0.5, 0.6) is 0 Å². The number of hydrogen-bond donors (Lipinski definition) is 0. The third-order valence-corrected chi connectivity index (χ3v) is 5.86. The molecule has 1 aliphatic rings. The molecule has 0 aromatic carbocycles. The van der Waals surface area contributed by atoms with E-state index >= 15 is 0 Å². The first-order chi connectivity index (χ1) is 8.33. The lowest BCUT2D eigenvalue weighted by atomic mass is 10.1. The fourth-order valence-electron chi connectivity index (χ4n) is 2.41. The van der Waals surface area contributed by atoms with Crippen LogP contribution in [0.3, 0.4) is 0 Å². The highest BCUT2D eigenvalue weighted by molar-refractivity contribution is 7.92. The van der Waals surface area contributed by atoms with E-state index in [9.17, 15) is 18.0 Å². The fraction of sp³-hybridized carbons (Fsp3) is 0.833. The third-order valence-electron chi connectivity index (χ3n) is 3.64. The van der Waals surface area contributed by atoms with Crippen molar-refractivity contribution in [3.8, 4) is 0 Å². The van der Waals surface area contributed by atoms with Gasteiger partial charge >= 0.3 is 0 Å². The largest absolute Gasteiger partial charge is 0.342 e. The zero-order valence-electron chi connectivity index (χ0n) is 11.2. The summed E-state index contributed by atoms with van der Waals surface area (Å²) in [5.41, 5.74) is 0. The zero-order valence-corrected chi connectivity index (χ0v) is 12.0. The summed E-state index contributed by atoms with van der Waals surface area (Å²) in [4.78, 5) is 24.7. The van der Waals surface area contributed by atoms with Gasteiger partial charge in [-0.05, 0) is 20.3 Å². The second-order valence-corrected chi connectivity index (χ2v) is 6.93. The molecule has 0 saturated heterocycles. The van der Waals surface area contributed by atoms with Gasteiger partial charge in [-0.3, -0.25) is 9.59 Å². The summed E-state index contributed by atoms with van der Waals surface area (Å²) in [5, 5.41) is -0.676. The molecule has 0 aromatic heterocycles. The van der Waals surface area contributed by atoms with Crippen LogP contribution >= 0.6 is 0 Å². The van der Waals surface area contributed by atoms with Crippen LogP contribution in [0, 0.1) is 5.92 Å². The maximum Gasteiger partial charge on any atom is 0.237 e. The van der Waals surface area contributed by atoms with Crippen LogP contribution in [-0.2, 0) is 19.4 Å². The fourth-order valence-corrected chi connectivity index (χ4v) is 4.40. The molecule has 1 saturated carbocycles. The average molecular weight is 275 g/mol. The smallest absolute Gasteiger partial charge is 0.237 e. The maximum atomic E-state index is 12.1. The van der Waals surface area contributed by atoms with Crippen molar-refractivity contribution in [2.45, 2.75) is 38.9 Å². The molecule has 18 heavy (non-hydrogen) atoms. The van der Waals surface area contributed by atoms with Crippen LogP contribution in [0.25, 0.3) is 0 Å². The summed E-state index contributed by atoms with van der Waals surface area (Å²) in [5.74, 6) is -1.33. The van der Waals surface area contributed by atoms with Gasteiger partial charge in [0.25, 0.3) is 0 Å². The van der Waals surface area contributed by atoms with Gasteiger partial charge in [0.05, 0.1) is 5.25 Å². The Morgan fingerprint density at radius 2 is 1.89 bits per heavy atom. The number of hydrogen-bond acceptors (Lipinski definition) is 4. The molecule has 0 aromatic rings. The molecule has 2 unspecified atom stereocenters. The molecule has 0 spiro atoms. The number of carbonyl (C=O) groups is 2. The Morgan fingerprint density at radius 1 is 1.33 bits per heavy atom. The topological polar surface area (TPSA) is 71.5 Å². The lowest BCUT2D eigenvalue weighted by Gasteiger charge is -2.21. The first kappa shape index (κ1) is 15.1. The van der Waals surface area contributed by atoms with E-state index in [2.05, 4.69) is 0 Å². The van der Waals surface area contributed by atoms with E-state index in [0.717, 1.165) is 0 Å².